The third-order valence-corrected chi connectivity index (χ3v) is 1.59. The SMILES string of the molecule is C[C@@H](C(N)=O)n1ccc([N+](=O)[O-])n1. The van der Waals surface area contributed by atoms with Crippen LogP contribution in [-0.4, -0.2) is 20.6 Å². The third-order valence-electron chi connectivity index (χ3n) is 1.59. The maximum atomic E-state index is 10.7. The van der Waals surface area contributed by atoms with E-state index in [9.17, 15) is 14.9 Å². The molecule has 1 amide bonds. The van der Waals surface area contributed by atoms with E-state index in [2.05, 4.69) is 5.10 Å². The third kappa shape index (κ3) is 1.81. The van der Waals surface area contributed by atoms with Crippen molar-refractivity contribution in [3.05, 3.63) is 22.4 Å². The maximum Gasteiger partial charge on any atom is 0.389 e. The molecule has 0 fully saturated rings. The minimum atomic E-state index is -0.673. The molecule has 1 rings (SSSR count). The van der Waals surface area contributed by atoms with Gasteiger partial charge in [-0.05, 0) is 11.8 Å². The van der Waals surface area contributed by atoms with Crippen molar-refractivity contribution >= 4 is 11.7 Å². The van der Waals surface area contributed by atoms with Crippen LogP contribution in [-0.2, 0) is 4.79 Å². The summed E-state index contributed by atoms with van der Waals surface area (Å²) in [5.41, 5.74) is 4.98. The number of hydrogen-bond donors (Lipinski definition) is 1. The van der Waals surface area contributed by atoms with E-state index in [0.29, 0.717) is 0 Å². The molecule has 13 heavy (non-hydrogen) atoms. The molecule has 1 atom stereocenters. The molecule has 70 valence electrons. The highest BCUT2D eigenvalue weighted by Crippen LogP contribution is 2.09. The second kappa shape index (κ2) is 3.21. The van der Waals surface area contributed by atoms with Crippen molar-refractivity contribution < 1.29 is 9.72 Å². The predicted molar refractivity (Wildman–Crippen MR) is 42.8 cm³/mol. The van der Waals surface area contributed by atoms with Crippen LogP contribution in [0, 0.1) is 10.1 Å². The summed E-state index contributed by atoms with van der Waals surface area (Å²) in [6.07, 6.45) is 1.34. The number of nitro groups is 1. The summed E-state index contributed by atoms with van der Waals surface area (Å²) in [4.78, 5) is 20.3. The van der Waals surface area contributed by atoms with Crippen LogP contribution in [0.5, 0.6) is 0 Å². The van der Waals surface area contributed by atoms with E-state index in [0.717, 1.165) is 4.68 Å². The molecule has 1 aromatic rings. The average molecular weight is 184 g/mol. The highest BCUT2D eigenvalue weighted by molar-refractivity contribution is 5.77. The zero-order valence-electron chi connectivity index (χ0n) is 6.88. The minimum Gasteiger partial charge on any atom is -0.368 e. The molecule has 0 aliphatic heterocycles. The van der Waals surface area contributed by atoms with Crippen molar-refractivity contribution in [3.8, 4) is 0 Å². The summed E-state index contributed by atoms with van der Waals surface area (Å²) in [7, 11) is 0. The molecule has 0 aromatic carbocycles. The first-order valence-corrected chi connectivity index (χ1v) is 3.51. The predicted octanol–water partition coefficient (Wildman–Crippen LogP) is -0.162. The highest BCUT2D eigenvalue weighted by Gasteiger charge is 2.18. The molecule has 7 heteroatoms. The fourth-order valence-corrected chi connectivity index (χ4v) is 0.771. The second-order valence-corrected chi connectivity index (χ2v) is 2.49. The van der Waals surface area contributed by atoms with Crippen LogP contribution in [0.3, 0.4) is 0 Å². The van der Waals surface area contributed by atoms with Gasteiger partial charge in [-0.1, -0.05) is 0 Å². The van der Waals surface area contributed by atoms with Crippen LogP contribution in [0.1, 0.15) is 13.0 Å². The Labute approximate surface area is 73.3 Å². The number of hydrogen-bond acceptors (Lipinski definition) is 4. The van der Waals surface area contributed by atoms with Crippen molar-refractivity contribution in [2.75, 3.05) is 0 Å². The van der Waals surface area contributed by atoms with Crippen LogP contribution in [0.2, 0.25) is 0 Å². The number of carbonyl (C=O) groups is 1. The van der Waals surface area contributed by atoms with Crippen LogP contribution in [0.15, 0.2) is 12.3 Å². The topological polar surface area (TPSA) is 104 Å². The van der Waals surface area contributed by atoms with Gasteiger partial charge in [-0.15, -0.1) is 0 Å². The Morgan fingerprint density at radius 3 is 2.85 bits per heavy atom. The summed E-state index contributed by atoms with van der Waals surface area (Å²) < 4.78 is 1.15. The number of aromatic nitrogens is 2. The first-order valence-electron chi connectivity index (χ1n) is 3.51. The Kier molecular flexibility index (Phi) is 2.27. The van der Waals surface area contributed by atoms with E-state index < -0.39 is 16.9 Å². The first-order chi connectivity index (χ1) is 6.02. The van der Waals surface area contributed by atoms with E-state index in [1.54, 1.807) is 0 Å². The van der Waals surface area contributed by atoms with Crippen LogP contribution in [0.4, 0.5) is 5.82 Å². The summed E-state index contributed by atoms with van der Waals surface area (Å²) in [5, 5.41) is 13.8. The Morgan fingerprint density at radius 2 is 2.46 bits per heavy atom. The lowest BCUT2D eigenvalue weighted by atomic mass is 10.3. The van der Waals surface area contributed by atoms with Crippen LogP contribution < -0.4 is 5.73 Å². The van der Waals surface area contributed by atoms with Gasteiger partial charge in [0.1, 0.15) is 6.04 Å². The molecule has 1 heterocycles. The highest BCUT2D eigenvalue weighted by atomic mass is 16.6. The van der Waals surface area contributed by atoms with Crippen molar-refractivity contribution in [1.29, 1.82) is 0 Å². The quantitative estimate of drug-likeness (QED) is 0.520. The van der Waals surface area contributed by atoms with Gasteiger partial charge in [0, 0.05) is 0 Å². The van der Waals surface area contributed by atoms with Crippen molar-refractivity contribution in [3.63, 3.8) is 0 Å². The fraction of sp³-hybridized carbons (Fsp3) is 0.333. The van der Waals surface area contributed by atoms with Crippen molar-refractivity contribution in [2.45, 2.75) is 13.0 Å². The Balaban J connectivity index is 2.91. The van der Waals surface area contributed by atoms with Crippen molar-refractivity contribution in [2.24, 2.45) is 5.73 Å². The molecule has 1 aromatic heterocycles. The number of amides is 1. The molecular weight excluding hydrogens is 176 g/mol. The van der Waals surface area contributed by atoms with E-state index in [4.69, 9.17) is 5.73 Å². The van der Waals surface area contributed by atoms with Gasteiger partial charge in [0.25, 0.3) is 0 Å². The Bertz CT molecular complexity index is 345. The summed E-state index contributed by atoms with van der Waals surface area (Å²) >= 11 is 0. The summed E-state index contributed by atoms with van der Waals surface area (Å²) in [6.45, 7) is 1.51. The summed E-state index contributed by atoms with van der Waals surface area (Å²) in [6, 6.07) is 0.535. The molecule has 0 aliphatic rings. The van der Waals surface area contributed by atoms with Gasteiger partial charge in [-0.3, -0.25) is 4.79 Å². The lowest BCUT2D eigenvalue weighted by Crippen LogP contribution is -2.24. The molecule has 2 N–H and O–H groups in total. The van der Waals surface area contributed by atoms with E-state index in [1.807, 2.05) is 0 Å². The standard InChI is InChI=1S/C6H8N4O3/c1-4(6(7)11)9-3-2-5(8-9)10(12)13/h2-4H,1H3,(H2,7,11)/t4-/m0/s1. The van der Waals surface area contributed by atoms with Gasteiger partial charge < -0.3 is 15.8 Å². The van der Waals surface area contributed by atoms with Gasteiger partial charge >= 0.3 is 5.82 Å². The number of primary amides is 1. The monoisotopic (exact) mass is 184 g/mol. The average Bonchev–Trinajstić information content (AvgIpc) is 2.50. The molecular formula is C6H8N4O3. The number of nitrogens with two attached hydrogens (primary N) is 1. The van der Waals surface area contributed by atoms with Crippen LogP contribution >= 0.6 is 0 Å². The molecule has 0 saturated carbocycles. The smallest absolute Gasteiger partial charge is 0.368 e. The Hall–Kier alpha value is -1.92. The summed E-state index contributed by atoms with van der Waals surface area (Å²) in [5.74, 6) is -0.883. The van der Waals surface area contributed by atoms with Gasteiger partial charge in [0.15, 0.2) is 0 Å². The molecule has 7 nitrogen and oxygen atoms in total. The van der Waals surface area contributed by atoms with E-state index in [-0.39, 0.29) is 5.82 Å². The Morgan fingerprint density at radius 1 is 1.85 bits per heavy atom. The zero-order valence-corrected chi connectivity index (χ0v) is 6.88. The minimum absolute atomic E-state index is 0.298. The lowest BCUT2D eigenvalue weighted by molar-refractivity contribution is -0.389. The second-order valence-electron chi connectivity index (χ2n) is 2.49. The molecule has 0 radical (unpaired) electrons. The molecule has 0 unspecified atom stereocenters. The fourth-order valence-electron chi connectivity index (χ4n) is 0.771. The first kappa shape index (κ1) is 9.17. The van der Waals surface area contributed by atoms with Gasteiger partial charge in [-0.2, -0.15) is 4.68 Å². The largest absolute Gasteiger partial charge is 0.389 e. The normalized spacial score (nSPS) is 12.4. The van der Waals surface area contributed by atoms with Crippen LogP contribution in [0.25, 0.3) is 0 Å². The van der Waals surface area contributed by atoms with Gasteiger partial charge in [0.2, 0.25) is 5.91 Å². The maximum absolute atomic E-state index is 10.7. The van der Waals surface area contributed by atoms with Crippen molar-refractivity contribution in [1.82, 2.24) is 9.78 Å². The lowest BCUT2D eigenvalue weighted by Gasteiger charge is -2.01. The number of rotatable bonds is 3. The zero-order chi connectivity index (χ0) is 10.0. The molecule has 0 aliphatic carbocycles. The molecule has 0 bridgehead atoms. The number of carbonyl (C=O) groups excluding carboxylic acids is 1. The van der Waals surface area contributed by atoms with Gasteiger partial charge in [0.05, 0.1) is 17.4 Å². The molecule has 0 spiro atoms. The van der Waals surface area contributed by atoms with E-state index >= 15 is 0 Å². The molecule has 0 saturated heterocycles. The van der Waals surface area contributed by atoms with Gasteiger partial charge in [-0.25, -0.2) is 0 Å². The van der Waals surface area contributed by atoms with E-state index in [1.165, 1.54) is 19.2 Å². The number of nitrogens with zero attached hydrogens (tertiary/aromatic N) is 3.